The van der Waals surface area contributed by atoms with Crippen molar-refractivity contribution in [2.24, 2.45) is 5.92 Å². The van der Waals surface area contributed by atoms with Gasteiger partial charge in [0.2, 0.25) is 0 Å². The molecule has 0 amide bonds. The number of aromatic hydroxyl groups is 1. The predicted octanol–water partition coefficient (Wildman–Crippen LogP) is 2.84. The van der Waals surface area contributed by atoms with E-state index in [0.717, 1.165) is 11.3 Å². The van der Waals surface area contributed by atoms with Crippen LogP contribution in [0.1, 0.15) is 15.9 Å². The zero-order valence-corrected chi connectivity index (χ0v) is 13.0. The fourth-order valence-corrected chi connectivity index (χ4v) is 2.72. The van der Waals surface area contributed by atoms with Crippen molar-refractivity contribution in [2.75, 3.05) is 20.8 Å². The van der Waals surface area contributed by atoms with Crippen molar-refractivity contribution in [1.29, 1.82) is 0 Å². The normalized spacial score (nSPS) is 16.4. The van der Waals surface area contributed by atoms with Gasteiger partial charge in [-0.2, -0.15) is 0 Å². The van der Waals surface area contributed by atoms with Crippen LogP contribution in [0.5, 0.6) is 23.0 Å². The lowest BCUT2D eigenvalue weighted by atomic mass is 9.89. The molecule has 0 unspecified atom stereocenters. The van der Waals surface area contributed by atoms with E-state index in [1.54, 1.807) is 13.2 Å². The Morgan fingerprint density at radius 3 is 2.48 bits per heavy atom. The van der Waals surface area contributed by atoms with Crippen molar-refractivity contribution in [3.05, 3.63) is 47.5 Å². The highest BCUT2D eigenvalue weighted by atomic mass is 16.5. The molecule has 1 heterocycles. The smallest absolute Gasteiger partial charge is 0.177 e. The maximum absolute atomic E-state index is 12.7. The number of benzene rings is 2. The van der Waals surface area contributed by atoms with Gasteiger partial charge in [-0.05, 0) is 24.1 Å². The average Bonchev–Trinajstić information content (AvgIpc) is 2.57. The summed E-state index contributed by atoms with van der Waals surface area (Å²) in [5.41, 5.74) is 1.25. The minimum Gasteiger partial charge on any atom is -0.507 e. The van der Waals surface area contributed by atoms with Crippen LogP contribution in [0.25, 0.3) is 0 Å². The molecule has 2 aromatic rings. The summed E-state index contributed by atoms with van der Waals surface area (Å²) < 4.78 is 15.9. The molecule has 0 radical (unpaired) electrons. The minimum absolute atomic E-state index is 0.108. The van der Waals surface area contributed by atoms with Gasteiger partial charge < -0.3 is 19.3 Å². The zero-order valence-electron chi connectivity index (χ0n) is 13.0. The first-order valence-electron chi connectivity index (χ1n) is 7.33. The molecule has 0 aliphatic carbocycles. The number of carbonyl (C=O) groups excluding carboxylic acids is 1. The molecule has 0 saturated heterocycles. The predicted molar refractivity (Wildman–Crippen MR) is 84.7 cm³/mol. The number of hydrogen-bond acceptors (Lipinski definition) is 5. The molecule has 1 aliphatic rings. The van der Waals surface area contributed by atoms with Crippen molar-refractivity contribution in [3.8, 4) is 23.0 Å². The number of ketones is 1. The molecule has 5 nitrogen and oxygen atoms in total. The number of Topliss-reactive ketones (excluding diaryl/α,β-unsaturated/α-hetero) is 1. The number of phenolic OH excluding ortho intramolecular Hbond substituents is 1. The van der Waals surface area contributed by atoms with Crippen molar-refractivity contribution in [1.82, 2.24) is 0 Å². The highest BCUT2D eigenvalue weighted by Crippen LogP contribution is 2.38. The van der Waals surface area contributed by atoms with Gasteiger partial charge in [-0.3, -0.25) is 4.79 Å². The summed E-state index contributed by atoms with van der Waals surface area (Å²) in [5, 5.41) is 10.1. The fourth-order valence-electron chi connectivity index (χ4n) is 2.72. The molecule has 1 aliphatic heterocycles. The molecule has 0 spiro atoms. The minimum atomic E-state index is -0.324. The van der Waals surface area contributed by atoms with Gasteiger partial charge in [0.05, 0.1) is 26.7 Å². The highest BCUT2D eigenvalue weighted by Gasteiger charge is 2.32. The van der Waals surface area contributed by atoms with E-state index in [-0.39, 0.29) is 29.6 Å². The Labute approximate surface area is 134 Å². The summed E-state index contributed by atoms with van der Waals surface area (Å²) in [5.74, 6) is 1.07. The van der Waals surface area contributed by atoms with E-state index in [1.807, 2.05) is 24.3 Å². The Kier molecular flexibility index (Phi) is 4.10. The molecule has 1 atom stereocenters. The van der Waals surface area contributed by atoms with E-state index in [1.165, 1.54) is 13.2 Å². The van der Waals surface area contributed by atoms with Gasteiger partial charge in [0.1, 0.15) is 28.6 Å². The number of ether oxygens (including phenoxy) is 3. The van der Waals surface area contributed by atoms with Crippen molar-refractivity contribution < 1.29 is 24.1 Å². The fraction of sp³-hybridized carbons (Fsp3) is 0.278. The Hall–Kier alpha value is -2.69. The van der Waals surface area contributed by atoms with E-state index in [4.69, 9.17) is 14.2 Å². The summed E-state index contributed by atoms with van der Waals surface area (Å²) in [7, 11) is 3.11. The van der Waals surface area contributed by atoms with Gasteiger partial charge in [0.15, 0.2) is 5.78 Å². The number of hydrogen-bond donors (Lipinski definition) is 1. The lowest BCUT2D eigenvalue weighted by Gasteiger charge is -2.25. The van der Waals surface area contributed by atoms with Crippen LogP contribution in [0.2, 0.25) is 0 Å². The Balaban J connectivity index is 1.83. The number of fused-ring (bicyclic) bond motifs is 1. The molecule has 0 saturated carbocycles. The maximum Gasteiger partial charge on any atom is 0.177 e. The molecule has 0 aromatic heterocycles. The standard InChI is InChI=1S/C18H18O5/c1-21-13-5-3-11(4-6-13)7-12-10-23-16-9-14(22-2)8-15(19)17(16)18(12)20/h3-6,8-9,12,19H,7,10H2,1-2H3/t12-/m1/s1. The number of methoxy groups -OCH3 is 2. The molecule has 120 valence electrons. The Morgan fingerprint density at radius 1 is 1.13 bits per heavy atom. The molecule has 2 aromatic carbocycles. The molecule has 23 heavy (non-hydrogen) atoms. The number of phenols is 1. The van der Waals surface area contributed by atoms with Crippen LogP contribution >= 0.6 is 0 Å². The van der Waals surface area contributed by atoms with Gasteiger partial charge in [-0.25, -0.2) is 0 Å². The largest absolute Gasteiger partial charge is 0.507 e. The Bertz CT molecular complexity index is 721. The summed E-state index contributed by atoms with van der Waals surface area (Å²) >= 11 is 0. The summed E-state index contributed by atoms with van der Waals surface area (Å²) in [4.78, 5) is 12.7. The van der Waals surface area contributed by atoms with Crippen LogP contribution in [-0.4, -0.2) is 31.7 Å². The molecule has 0 fully saturated rings. The van der Waals surface area contributed by atoms with Crippen molar-refractivity contribution in [3.63, 3.8) is 0 Å². The van der Waals surface area contributed by atoms with E-state index in [2.05, 4.69) is 0 Å². The number of carbonyl (C=O) groups is 1. The third kappa shape index (κ3) is 2.95. The monoisotopic (exact) mass is 314 g/mol. The first kappa shape index (κ1) is 15.2. The summed E-state index contributed by atoms with van der Waals surface area (Å²) in [6.07, 6.45) is 0.549. The van der Waals surface area contributed by atoms with Gasteiger partial charge in [0.25, 0.3) is 0 Å². The highest BCUT2D eigenvalue weighted by molar-refractivity contribution is 6.04. The molecule has 0 bridgehead atoms. The van der Waals surface area contributed by atoms with Crippen molar-refractivity contribution in [2.45, 2.75) is 6.42 Å². The third-order valence-corrected chi connectivity index (χ3v) is 3.99. The van der Waals surface area contributed by atoms with Gasteiger partial charge in [-0.1, -0.05) is 12.1 Å². The van der Waals surface area contributed by atoms with E-state index < -0.39 is 0 Å². The lowest BCUT2D eigenvalue weighted by molar-refractivity contribution is 0.0826. The van der Waals surface area contributed by atoms with Crippen molar-refractivity contribution >= 4 is 5.78 Å². The molecule has 5 heteroatoms. The lowest BCUT2D eigenvalue weighted by Crippen LogP contribution is -2.29. The second kappa shape index (κ2) is 6.20. The maximum atomic E-state index is 12.7. The van der Waals surface area contributed by atoms with Crippen LogP contribution in [0, 0.1) is 5.92 Å². The van der Waals surface area contributed by atoms with E-state index in [0.29, 0.717) is 17.9 Å². The SMILES string of the molecule is COc1ccc(C[C@@H]2COc3cc(OC)cc(O)c3C2=O)cc1. The first-order valence-corrected chi connectivity index (χ1v) is 7.33. The second-order valence-corrected chi connectivity index (χ2v) is 5.44. The van der Waals surface area contributed by atoms with Crippen LogP contribution < -0.4 is 14.2 Å². The molecule has 3 rings (SSSR count). The molecular weight excluding hydrogens is 296 g/mol. The van der Waals surface area contributed by atoms with Gasteiger partial charge in [-0.15, -0.1) is 0 Å². The first-order chi connectivity index (χ1) is 11.1. The molecule has 1 N–H and O–H groups in total. The Morgan fingerprint density at radius 2 is 1.83 bits per heavy atom. The number of rotatable bonds is 4. The van der Waals surface area contributed by atoms with Crippen LogP contribution in [-0.2, 0) is 6.42 Å². The van der Waals surface area contributed by atoms with Crippen LogP contribution in [0.3, 0.4) is 0 Å². The summed E-state index contributed by atoms with van der Waals surface area (Å²) in [6, 6.07) is 10.6. The second-order valence-electron chi connectivity index (χ2n) is 5.44. The molecular formula is C18H18O5. The zero-order chi connectivity index (χ0) is 16.4. The van der Waals surface area contributed by atoms with E-state index >= 15 is 0 Å². The van der Waals surface area contributed by atoms with Crippen LogP contribution in [0.15, 0.2) is 36.4 Å². The van der Waals surface area contributed by atoms with E-state index in [9.17, 15) is 9.90 Å². The quantitative estimate of drug-likeness (QED) is 0.940. The third-order valence-electron chi connectivity index (χ3n) is 3.99. The topological polar surface area (TPSA) is 65.0 Å². The van der Waals surface area contributed by atoms with Crippen LogP contribution in [0.4, 0.5) is 0 Å². The summed E-state index contributed by atoms with van der Waals surface area (Å²) in [6.45, 7) is 0.282. The van der Waals surface area contributed by atoms with Gasteiger partial charge in [0, 0.05) is 12.1 Å². The van der Waals surface area contributed by atoms with Gasteiger partial charge >= 0.3 is 0 Å². The average molecular weight is 314 g/mol.